The lowest BCUT2D eigenvalue weighted by atomic mass is 9.82. The Labute approximate surface area is 182 Å². The van der Waals surface area contributed by atoms with Crippen LogP contribution in [0.15, 0.2) is 18.5 Å². The van der Waals surface area contributed by atoms with Gasteiger partial charge in [-0.15, -0.1) is 0 Å². The molecule has 1 aliphatic carbocycles. The summed E-state index contributed by atoms with van der Waals surface area (Å²) in [7, 11) is 0. The van der Waals surface area contributed by atoms with Crippen molar-refractivity contribution in [1.29, 1.82) is 0 Å². The fraction of sp³-hybridized carbons (Fsp3) is 0.696. The van der Waals surface area contributed by atoms with Crippen molar-refractivity contribution in [1.82, 2.24) is 15.2 Å². The summed E-state index contributed by atoms with van der Waals surface area (Å²) >= 11 is 0. The standard InChI is InChI=1S/C23H31N3O5/c1-15-10-23(14-29-13-21(27)25-23)20-12-31-17-4-2-16(3-5-17)18-6-8-24-11-19(18)30-9-7-22(28)26(15)20/h6,8,11,15-17,20H,2-5,7,9-10,12-14H2,1H3,(H,25,27)/t15-,16-,17+,20+,23-/m1/s1. The summed E-state index contributed by atoms with van der Waals surface area (Å²) in [4.78, 5) is 31.6. The molecule has 1 N–H and O–H groups in total. The third kappa shape index (κ3) is 3.91. The molecule has 3 fully saturated rings. The van der Waals surface area contributed by atoms with Crippen LogP contribution in [0, 0.1) is 0 Å². The fourth-order valence-corrected chi connectivity index (χ4v) is 5.95. The second kappa shape index (κ2) is 8.39. The number of pyridine rings is 1. The van der Waals surface area contributed by atoms with E-state index >= 15 is 0 Å². The van der Waals surface area contributed by atoms with Gasteiger partial charge in [-0.05, 0) is 51.0 Å². The third-order valence-corrected chi connectivity index (χ3v) is 7.37. The van der Waals surface area contributed by atoms with Gasteiger partial charge >= 0.3 is 0 Å². The molecule has 4 aliphatic heterocycles. The first-order valence-electron chi connectivity index (χ1n) is 11.4. The number of amides is 2. The molecule has 6 rings (SSSR count). The van der Waals surface area contributed by atoms with Gasteiger partial charge in [0.05, 0.1) is 50.1 Å². The Kier molecular flexibility index (Phi) is 5.60. The number of carbonyl (C=O) groups is 2. The number of carbonyl (C=O) groups excluding carboxylic acids is 2. The van der Waals surface area contributed by atoms with Crippen LogP contribution in [0.5, 0.6) is 5.75 Å². The summed E-state index contributed by atoms with van der Waals surface area (Å²) in [6.07, 6.45) is 8.70. The number of morpholine rings is 1. The van der Waals surface area contributed by atoms with E-state index in [1.165, 1.54) is 5.56 Å². The molecule has 5 aliphatic rings. The second-order valence-corrected chi connectivity index (χ2v) is 9.39. The van der Waals surface area contributed by atoms with Gasteiger partial charge in [-0.3, -0.25) is 14.6 Å². The molecule has 8 nitrogen and oxygen atoms in total. The van der Waals surface area contributed by atoms with E-state index in [1.807, 2.05) is 24.1 Å². The monoisotopic (exact) mass is 429 g/mol. The Hall–Kier alpha value is -2.19. The Balaban J connectivity index is 1.43. The highest BCUT2D eigenvalue weighted by molar-refractivity contribution is 5.81. The molecule has 168 valence electrons. The zero-order chi connectivity index (χ0) is 21.4. The van der Waals surface area contributed by atoms with Gasteiger partial charge in [0, 0.05) is 17.8 Å². The number of fused-ring (bicyclic) bond motifs is 6. The largest absolute Gasteiger partial charge is 0.491 e. The summed E-state index contributed by atoms with van der Waals surface area (Å²) in [5, 5.41) is 3.15. The molecule has 1 aromatic rings. The van der Waals surface area contributed by atoms with E-state index in [-0.39, 0.29) is 43.0 Å². The van der Waals surface area contributed by atoms with E-state index in [9.17, 15) is 9.59 Å². The van der Waals surface area contributed by atoms with Crippen molar-refractivity contribution < 1.29 is 23.8 Å². The predicted molar refractivity (Wildman–Crippen MR) is 112 cm³/mol. The van der Waals surface area contributed by atoms with Crippen molar-refractivity contribution in [2.24, 2.45) is 0 Å². The van der Waals surface area contributed by atoms with Crippen molar-refractivity contribution in [3.05, 3.63) is 24.0 Å². The fourth-order valence-electron chi connectivity index (χ4n) is 5.95. The number of rotatable bonds is 0. The molecule has 2 saturated heterocycles. The quantitative estimate of drug-likeness (QED) is 0.676. The number of hydrogen-bond acceptors (Lipinski definition) is 6. The SMILES string of the molecule is C[C@@H]1C[C@@]2(COCC(=O)N2)[C@@H]2CO[C@H]3CC[C@H](CC3)c3ccncc3OCCC(=O)N12. The topological polar surface area (TPSA) is 90.0 Å². The first kappa shape index (κ1) is 20.7. The highest BCUT2D eigenvalue weighted by Crippen LogP contribution is 2.40. The minimum absolute atomic E-state index is 0.0132. The number of nitrogens with one attached hydrogen (secondary N) is 1. The van der Waals surface area contributed by atoms with E-state index in [0.29, 0.717) is 32.2 Å². The maximum absolute atomic E-state index is 13.3. The number of aromatic nitrogens is 1. The molecule has 3 atom stereocenters. The molecule has 1 spiro atoms. The molecule has 5 heterocycles. The van der Waals surface area contributed by atoms with Gasteiger partial charge in [0.2, 0.25) is 11.8 Å². The van der Waals surface area contributed by atoms with Gasteiger partial charge in [-0.2, -0.15) is 0 Å². The van der Waals surface area contributed by atoms with Gasteiger partial charge in [0.1, 0.15) is 12.4 Å². The smallest absolute Gasteiger partial charge is 0.246 e. The van der Waals surface area contributed by atoms with Crippen LogP contribution >= 0.6 is 0 Å². The average molecular weight is 430 g/mol. The summed E-state index contributed by atoms with van der Waals surface area (Å²) in [6, 6.07) is 1.79. The van der Waals surface area contributed by atoms with Crippen LogP contribution in [-0.2, 0) is 19.1 Å². The summed E-state index contributed by atoms with van der Waals surface area (Å²) in [6.45, 7) is 3.23. The summed E-state index contributed by atoms with van der Waals surface area (Å²) < 4.78 is 18.1. The number of ether oxygens (including phenoxy) is 3. The Morgan fingerprint density at radius 2 is 2.06 bits per heavy atom. The number of nitrogens with zero attached hydrogens (tertiary/aromatic N) is 2. The van der Waals surface area contributed by atoms with E-state index in [2.05, 4.69) is 10.3 Å². The van der Waals surface area contributed by atoms with Crippen molar-refractivity contribution in [3.63, 3.8) is 0 Å². The molecule has 0 radical (unpaired) electrons. The predicted octanol–water partition coefficient (Wildman–Crippen LogP) is 1.78. The molecule has 0 aromatic carbocycles. The first-order chi connectivity index (χ1) is 15.1. The van der Waals surface area contributed by atoms with Gasteiger partial charge in [-0.25, -0.2) is 0 Å². The molecular weight excluding hydrogens is 398 g/mol. The lowest BCUT2D eigenvalue weighted by Gasteiger charge is -2.42. The second-order valence-electron chi connectivity index (χ2n) is 9.39. The van der Waals surface area contributed by atoms with Crippen molar-refractivity contribution in [3.8, 4) is 5.75 Å². The highest BCUT2D eigenvalue weighted by Gasteiger charge is 2.55. The average Bonchev–Trinajstić information content (AvgIpc) is 3.02. The van der Waals surface area contributed by atoms with Crippen molar-refractivity contribution >= 4 is 11.8 Å². The van der Waals surface area contributed by atoms with Gasteiger partial charge in [0.25, 0.3) is 0 Å². The molecule has 1 saturated carbocycles. The first-order valence-corrected chi connectivity index (χ1v) is 11.4. The van der Waals surface area contributed by atoms with E-state index in [0.717, 1.165) is 31.4 Å². The highest BCUT2D eigenvalue weighted by atomic mass is 16.5. The molecular formula is C23H31N3O5. The van der Waals surface area contributed by atoms with Crippen LogP contribution < -0.4 is 10.1 Å². The van der Waals surface area contributed by atoms with E-state index in [1.54, 1.807) is 6.20 Å². The number of hydrogen-bond donors (Lipinski definition) is 1. The van der Waals surface area contributed by atoms with Crippen molar-refractivity contribution in [2.75, 3.05) is 26.4 Å². The molecule has 2 bridgehead atoms. The van der Waals surface area contributed by atoms with Crippen LogP contribution in [0.2, 0.25) is 0 Å². The maximum Gasteiger partial charge on any atom is 0.246 e. The Morgan fingerprint density at radius 3 is 2.87 bits per heavy atom. The summed E-state index contributed by atoms with van der Waals surface area (Å²) in [5.41, 5.74) is 0.599. The summed E-state index contributed by atoms with van der Waals surface area (Å²) in [5.74, 6) is 1.11. The minimum atomic E-state index is -0.587. The Morgan fingerprint density at radius 1 is 1.23 bits per heavy atom. The molecule has 31 heavy (non-hydrogen) atoms. The van der Waals surface area contributed by atoms with Crippen LogP contribution in [0.4, 0.5) is 0 Å². The van der Waals surface area contributed by atoms with Gasteiger partial charge in [-0.1, -0.05) is 0 Å². The normalized spacial score (nSPS) is 36.4. The lowest BCUT2D eigenvalue weighted by Crippen LogP contribution is -2.65. The molecule has 2 amide bonds. The van der Waals surface area contributed by atoms with Gasteiger partial charge in [0.15, 0.2) is 0 Å². The molecule has 1 aromatic heterocycles. The van der Waals surface area contributed by atoms with Gasteiger partial charge < -0.3 is 24.4 Å². The minimum Gasteiger partial charge on any atom is -0.491 e. The zero-order valence-electron chi connectivity index (χ0n) is 18.0. The Bertz CT molecular complexity index is 840. The third-order valence-electron chi connectivity index (χ3n) is 7.37. The molecule has 8 heteroatoms. The van der Waals surface area contributed by atoms with Crippen LogP contribution in [-0.4, -0.2) is 71.9 Å². The lowest BCUT2D eigenvalue weighted by molar-refractivity contribution is -0.144. The zero-order valence-corrected chi connectivity index (χ0v) is 18.0. The van der Waals surface area contributed by atoms with E-state index in [4.69, 9.17) is 14.2 Å². The molecule has 0 unspecified atom stereocenters. The van der Waals surface area contributed by atoms with Crippen molar-refractivity contribution in [2.45, 2.75) is 75.1 Å². The van der Waals surface area contributed by atoms with Crippen LogP contribution in [0.1, 0.15) is 56.9 Å². The maximum atomic E-state index is 13.3. The van der Waals surface area contributed by atoms with Crippen LogP contribution in [0.3, 0.4) is 0 Å². The van der Waals surface area contributed by atoms with Crippen LogP contribution in [0.25, 0.3) is 0 Å². The van der Waals surface area contributed by atoms with E-state index < -0.39 is 5.54 Å².